The van der Waals surface area contributed by atoms with E-state index >= 15 is 0 Å². The molecule has 3 aromatic rings. The summed E-state index contributed by atoms with van der Waals surface area (Å²) in [6, 6.07) is 17.5. The van der Waals surface area contributed by atoms with Gasteiger partial charge < -0.3 is 15.6 Å². The molecule has 5 nitrogen and oxygen atoms in total. The number of aryl methyl sites for hydroxylation is 2. The number of aromatic nitrogens is 1. The van der Waals surface area contributed by atoms with Crippen LogP contribution in [0.3, 0.4) is 0 Å². The standard InChI is InChI=1S/C21H19BrN2O3/c22-17-8-9-18(27-13-14-4-2-1-3-5-14)16(12-17)7-6-15-10-11-24-20(23)19(15)21(25)26/h1-5,8-12H,6-7,13H2,(H2,23,24)(H,25,26). The van der Waals surface area contributed by atoms with Crippen molar-refractivity contribution in [2.45, 2.75) is 19.4 Å². The second kappa shape index (κ2) is 8.68. The number of ether oxygens (including phenoxy) is 1. The molecule has 0 bridgehead atoms. The van der Waals surface area contributed by atoms with Gasteiger partial charge >= 0.3 is 5.97 Å². The van der Waals surface area contributed by atoms with Gasteiger partial charge in [0.05, 0.1) is 0 Å². The van der Waals surface area contributed by atoms with Crippen LogP contribution in [-0.2, 0) is 19.4 Å². The van der Waals surface area contributed by atoms with Gasteiger partial charge in [0.1, 0.15) is 23.7 Å². The maximum Gasteiger partial charge on any atom is 0.339 e. The number of rotatable bonds is 7. The Morgan fingerprint density at radius 1 is 1.07 bits per heavy atom. The van der Waals surface area contributed by atoms with Gasteiger partial charge in [-0.15, -0.1) is 0 Å². The van der Waals surface area contributed by atoms with E-state index in [2.05, 4.69) is 20.9 Å². The lowest BCUT2D eigenvalue weighted by molar-refractivity contribution is 0.0696. The Balaban J connectivity index is 1.78. The van der Waals surface area contributed by atoms with Gasteiger partial charge in [0, 0.05) is 10.7 Å². The number of nitrogens with two attached hydrogens (primary N) is 1. The lowest BCUT2D eigenvalue weighted by atomic mass is 10.0. The van der Waals surface area contributed by atoms with Crippen molar-refractivity contribution in [3.05, 3.63) is 87.5 Å². The van der Waals surface area contributed by atoms with Gasteiger partial charge in [-0.05, 0) is 53.8 Å². The molecule has 0 saturated carbocycles. The molecule has 0 fully saturated rings. The fourth-order valence-electron chi connectivity index (χ4n) is 2.86. The number of nitrogens with zero attached hydrogens (tertiary/aromatic N) is 1. The highest BCUT2D eigenvalue weighted by Crippen LogP contribution is 2.26. The number of pyridine rings is 1. The summed E-state index contributed by atoms with van der Waals surface area (Å²) in [5.74, 6) is -0.249. The van der Waals surface area contributed by atoms with E-state index in [-0.39, 0.29) is 11.4 Å². The average molecular weight is 427 g/mol. The van der Waals surface area contributed by atoms with E-state index in [1.807, 2.05) is 48.5 Å². The molecular weight excluding hydrogens is 408 g/mol. The average Bonchev–Trinajstić information content (AvgIpc) is 2.66. The molecule has 0 radical (unpaired) electrons. The molecule has 0 aliphatic heterocycles. The van der Waals surface area contributed by atoms with E-state index in [0.717, 1.165) is 21.3 Å². The first-order valence-corrected chi connectivity index (χ1v) is 9.25. The summed E-state index contributed by atoms with van der Waals surface area (Å²) in [6.45, 7) is 0.470. The smallest absolute Gasteiger partial charge is 0.339 e. The Labute approximate surface area is 166 Å². The Morgan fingerprint density at radius 3 is 2.56 bits per heavy atom. The van der Waals surface area contributed by atoms with E-state index in [1.54, 1.807) is 6.07 Å². The molecule has 3 N–H and O–H groups in total. The minimum atomic E-state index is -1.06. The topological polar surface area (TPSA) is 85.4 Å². The van der Waals surface area contributed by atoms with Gasteiger partial charge in [-0.2, -0.15) is 0 Å². The van der Waals surface area contributed by atoms with Gasteiger partial charge in [0.15, 0.2) is 0 Å². The van der Waals surface area contributed by atoms with Gasteiger partial charge in [-0.25, -0.2) is 9.78 Å². The lowest BCUT2D eigenvalue weighted by Crippen LogP contribution is -2.09. The van der Waals surface area contributed by atoms with Crippen LogP contribution in [0.2, 0.25) is 0 Å². The highest BCUT2D eigenvalue weighted by Gasteiger charge is 2.15. The minimum absolute atomic E-state index is 0.0368. The zero-order valence-electron chi connectivity index (χ0n) is 14.6. The van der Waals surface area contributed by atoms with E-state index in [4.69, 9.17) is 10.5 Å². The van der Waals surface area contributed by atoms with Crippen LogP contribution in [0.5, 0.6) is 5.75 Å². The molecule has 0 amide bonds. The monoisotopic (exact) mass is 426 g/mol. The Hall–Kier alpha value is -2.86. The molecule has 1 aromatic heterocycles. The first-order chi connectivity index (χ1) is 13.0. The Kier molecular flexibility index (Phi) is 6.08. The first-order valence-electron chi connectivity index (χ1n) is 8.46. The molecule has 0 saturated heterocycles. The van der Waals surface area contributed by atoms with Gasteiger partial charge in [-0.1, -0.05) is 46.3 Å². The number of carboxylic acids is 1. The number of anilines is 1. The molecule has 0 spiro atoms. The molecule has 27 heavy (non-hydrogen) atoms. The summed E-state index contributed by atoms with van der Waals surface area (Å²) in [6.07, 6.45) is 2.67. The Morgan fingerprint density at radius 2 is 1.81 bits per heavy atom. The van der Waals surface area contributed by atoms with E-state index < -0.39 is 5.97 Å². The van der Waals surface area contributed by atoms with Crippen molar-refractivity contribution in [3.63, 3.8) is 0 Å². The number of hydrogen-bond donors (Lipinski definition) is 2. The molecular formula is C21H19BrN2O3. The molecule has 1 heterocycles. The summed E-state index contributed by atoms with van der Waals surface area (Å²) in [7, 11) is 0. The largest absolute Gasteiger partial charge is 0.489 e. The fourth-order valence-corrected chi connectivity index (χ4v) is 3.27. The number of halogens is 1. The van der Waals surface area contributed by atoms with Crippen LogP contribution in [-0.4, -0.2) is 16.1 Å². The molecule has 0 atom stereocenters. The molecule has 138 valence electrons. The molecule has 0 aliphatic rings. The number of benzene rings is 2. The molecule has 0 unspecified atom stereocenters. The summed E-state index contributed by atoms with van der Waals surface area (Å²) >= 11 is 3.49. The second-order valence-corrected chi connectivity index (χ2v) is 6.98. The summed E-state index contributed by atoms with van der Waals surface area (Å²) in [5.41, 5.74) is 8.54. The SMILES string of the molecule is Nc1nccc(CCc2cc(Br)ccc2OCc2ccccc2)c1C(=O)O. The fraction of sp³-hybridized carbons (Fsp3) is 0.143. The van der Waals surface area contributed by atoms with Crippen LogP contribution in [0.25, 0.3) is 0 Å². The van der Waals surface area contributed by atoms with Crippen molar-refractivity contribution in [1.29, 1.82) is 0 Å². The zero-order valence-corrected chi connectivity index (χ0v) is 16.1. The third-order valence-electron chi connectivity index (χ3n) is 4.20. The lowest BCUT2D eigenvalue weighted by Gasteiger charge is -2.13. The number of nitrogen functional groups attached to an aromatic ring is 1. The van der Waals surface area contributed by atoms with Crippen molar-refractivity contribution in [2.24, 2.45) is 0 Å². The third kappa shape index (κ3) is 4.86. The quantitative estimate of drug-likeness (QED) is 0.581. The maximum absolute atomic E-state index is 11.5. The van der Waals surface area contributed by atoms with E-state index in [9.17, 15) is 9.90 Å². The van der Waals surface area contributed by atoms with Crippen LogP contribution in [0, 0.1) is 0 Å². The predicted molar refractivity (Wildman–Crippen MR) is 108 cm³/mol. The van der Waals surface area contributed by atoms with Crippen molar-refractivity contribution in [1.82, 2.24) is 4.98 Å². The highest BCUT2D eigenvalue weighted by molar-refractivity contribution is 9.10. The highest BCUT2D eigenvalue weighted by atomic mass is 79.9. The molecule has 0 aliphatic carbocycles. The number of carbonyl (C=O) groups is 1. The van der Waals surface area contributed by atoms with Crippen molar-refractivity contribution >= 4 is 27.7 Å². The van der Waals surface area contributed by atoms with Crippen LogP contribution in [0.1, 0.15) is 27.0 Å². The third-order valence-corrected chi connectivity index (χ3v) is 4.70. The van der Waals surface area contributed by atoms with Crippen molar-refractivity contribution in [3.8, 4) is 5.75 Å². The van der Waals surface area contributed by atoms with Gasteiger partial charge in [0.25, 0.3) is 0 Å². The van der Waals surface area contributed by atoms with Crippen LogP contribution >= 0.6 is 15.9 Å². The summed E-state index contributed by atoms with van der Waals surface area (Å²) in [4.78, 5) is 15.4. The van der Waals surface area contributed by atoms with Crippen LogP contribution in [0.15, 0.2) is 65.3 Å². The first kappa shape index (κ1) is 18.9. The predicted octanol–water partition coefficient (Wildman–Crippen LogP) is 4.49. The van der Waals surface area contributed by atoms with E-state index in [0.29, 0.717) is 25.0 Å². The zero-order chi connectivity index (χ0) is 19.2. The summed E-state index contributed by atoms with van der Waals surface area (Å²) < 4.78 is 6.94. The van der Waals surface area contributed by atoms with Crippen molar-refractivity contribution < 1.29 is 14.6 Å². The van der Waals surface area contributed by atoms with Crippen LogP contribution < -0.4 is 10.5 Å². The van der Waals surface area contributed by atoms with Gasteiger partial charge in [0.2, 0.25) is 0 Å². The molecule has 3 rings (SSSR count). The molecule has 2 aromatic carbocycles. The number of hydrogen-bond acceptors (Lipinski definition) is 4. The number of aromatic carboxylic acids is 1. The van der Waals surface area contributed by atoms with Crippen LogP contribution in [0.4, 0.5) is 5.82 Å². The van der Waals surface area contributed by atoms with Crippen molar-refractivity contribution in [2.75, 3.05) is 5.73 Å². The second-order valence-electron chi connectivity index (χ2n) is 6.06. The Bertz CT molecular complexity index is 945. The van der Waals surface area contributed by atoms with Gasteiger partial charge in [-0.3, -0.25) is 0 Å². The summed E-state index contributed by atoms with van der Waals surface area (Å²) in [5, 5.41) is 9.40. The minimum Gasteiger partial charge on any atom is -0.489 e. The normalized spacial score (nSPS) is 10.6. The number of carboxylic acid groups (broad SMARTS) is 1. The molecule has 6 heteroatoms. The maximum atomic E-state index is 11.5. The van der Waals surface area contributed by atoms with E-state index in [1.165, 1.54) is 6.20 Å².